The molecule has 7 nitrogen and oxygen atoms in total. The lowest BCUT2D eigenvalue weighted by Crippen LogP contribution is -2.11. The standard InChI is InChI=1S/C20H21BrN4O3/c1-13-4-3-5-18(23-13)19-24-22-12-25(19)14(2)8-9-28-11-15-6-7-16(21)10-17(15)20(26)27/h3-7,10,12,14H,8-9,11H2,1-2H3,(H,26,27)/t14-/m0/s1. The van der Waals surface area contributed by atoms with E-state index in [-0.39, 0.29) is 18.2 Å². The van der Waals surface area contributed by atoms with Gasteiger partial charge in [-0.15, -0.1) is 10.2 Å². The van der Waals surface area contributed by atoms with Gasteiger partial charge in [-0.1, -0.05) is 28.1 Å². The Balaban J connectivity index is 1.60. The number of hydrogen-bond acceptors (Lipinski definition) is 5. The zero-order valence-corrected chi connectivity index (χ0v) is 17.3. The molecule has 0 unspecified atom stereocenters. The summed E-state index contributed by atoms with van der Waals surface area (Å²) in [5, 5.41) is 17.5. The topological polar surface area (TPSA) is 90.1 Å². The fraction of sp³-hybridized carbons (Fsp3) is 0.300. The van der Waals surface area contributed by atoms with Crippen molar-refractivity contribution in [1.29, 1.82) is 0 Å². The minimum absolute atomic E-state index is 0.108. The van der Waals surface area contributed by atoms with Crippen molar-refractivity contribution in [3.63, 3.8) is 0 Å². The molecular formula is C20H21BrN4O3. The van der Waals surface area contributed by atoms with E-state index in [4.69, 9.17) is 4.74 Å². The Labute approximate surface area is 171 Å². The van der Waals surface area contributed by atoms with Gasteiger partial charge in [-0.2, -0.15) is 0 Å². The molecule has 0 fully saturated rings. The molecule has 3 aromatic rings. The van der Waals surface area contributed by atoms with Crippen LogP contribution in [-0.4, -0.2) is 37.4 Å². The zero-order chi connectivity index (χ0) is 20.1. The first-order chi connectivity index (χ1) is 13.5. The van der Waals surface area contributed by atoms with Crippen LogP contribution in [0.4, 0.5) is 0 Å². The van der Waals surface area contributed by atoms with Gasteiger partial charge < -0.3 is 14.4 Å². The Bertz CT molecular complexity index is 974. The third-order valence-corrected chi connectivity index (χ3v) is 4.90. The summed E-state index contributed by atoms with van der Waals surface area (Å²) in [6.07, 6.45) is 2.43. The van der Waals surface area contributed by atoms with Gasteiger partial charge in [0.15, 0.2) is 5.82 Å². The van der Waals surface area contributed by atoms with Crippen LogP contribution in [0, 0.1) is 6.92 Å². The van der Waals surface area contributed by atoms with Crippen molar-refractivity contribution in [2.24, 2.45) is 0 Å². The Kier molecular flexibility index (Phi) is 6.53. The maximum Gasteiger partial charge on any atom is 0.336 e. The first-order valence-corrected chi connectivity index (χ1v) is 9.68. The highest BCUT2D eigenvalue weighted by Crippen LogP contribution is 2.21. The number of aromatic nitrogens is 4. The number of aryl methyl sites for hydroxylation is 1. The molecule has 8 heteroatoms. The lowest BCUT2D eigenvalue weighted by molar-refractivity contribution is 0.0685. The van der Waals surface area contributed by atoms with Crippen LogP contribution in [0.3, 0.4) is 0 Å². The van der Waals surface area contributed by atoms with Crippen LogP contribution in [0.25, 0.3) is 11.5 Å². The number of carboxylic acid groups (broad SMARTS) is 1. The van der Waals surface area contributed by atoms with Crippen LogP contribution in [0.1, 0.15) is 41.0 Å². The van der Waals surface area contributed by atoms with Gasteiger partial charge in [0.05, 0.1) is 12.2 Å². The van der Waals surface area contributed by atoms with Gasteiger partial charge in [0.2, 0.25) is 0 Å². The van der Waals surface area contributed by atoms with E-state index in [1.807, 2.05) is 35.8 Å². The van der Waals surface area contributed by atoms with Crippen LogP contribution in [0.5, 0.6) is 0 Å². The smallest absolute Gasteiger partial charge is 0.336 e. The highest BCUT2D eigenvalue weighted by atomic mass is 79.9. The molecule has 28 heavy (non-hydrogen) atoms. The number of nitrogens with zero attached hydrogens (tertiary/aromatic N) is 4. The lowest BCUT2D eigenvalue weighted by Gasteiger charge is -2.16. The summed E-state index contributed by atoms with van der Waals surface area (Å²) < 4.78 is 8.44. The molecule has 0 spiro atoms. The number of carboxylic acids is 1. The van der Waals surface area contributed by atoms with Crippen molar-refractivity contribution in [2.45, 2.75) is 32.9 Å². The predicted molar refractivity (Wildman–Crippen MR) is 108 cm³/mol. The van der Waals surface area contributed by atoms with Crippen molar-refractivity contribution in [3.8, 4) is 11.5 Å². The molecule has 0 aliphatic heterocycles. The zero-order valence-electron chi connectivity index (χ0n) is 15.7. The first kappa shape index (κ1) is 20.2. The van der Waals surface area contributed by atoms with E-state index >= 15 is 0 Å². The first-order valence-electron chi connectivity index (χ1n) is 8.88. The number of halogens is 1. The molecule has 0 radical (unpaired) electrons. The maximum atomic E-state index is 11.4. The molecule has 0 aliphatic carbocycles. The van der Waals surface area contributed by atoms with E-state index in [0.29, 0.717) is 12.2 Å². The number of pyridine rings is 1. The number of ether oxygens (including phenoxy) is 1. The van der Waals surface area contributed by atoms with Crippen LogP contribution < -0.4 is 0 Å². The molecule has 0 aliphatic rings. The summed E-state index contributed by atoms with van der Waals surface area (Å²) in [6, 6.07) is 11.1. The summed E-state index contributed by atoms with van der Waals surface area (Å²) in [4.78, 5) is 15.9. The van der Waals surface area contributed by atoms with E-state index in [2.05, 4.69) is 38.0 Å². The summed E-state index contributed by atoms with van der Waals surface area (Å²) in [5.41, 5.74) is 2.60. The van der Waals surface area contributed by atoms with Gasteiger partial charge in [0.25, 0.3) is 0 Å². The molecule has 0 amide bonds. The molecule has 0 saturated carbocycles. The van der Waals surface area contributed by atoms with Gasteiger partial charge in [-0.25, -0.2) is 9.78 Å². The molecule has 1 atom stereocenters. The van der Waals surface area contributed by atoms with Crippen molar-refractivity contribution in [2.75, 3.05) is 6.61 Å². The predicted octanol–water partition coefficient (Wildman–Crippen LogP) is 4.28. The van der Waals surface area contributed by atoms with Gasteiger partial charge in [0, 0.05) is 22.8 Å². The van der Waals surface area contributed by atoms with Crippen molar-refractivity contribution < 1.29 is 14.6 Å². The number of benzene rings is 1. The van der Waals surface area contributed by atoms with E-state index < -0.39 is 5.97 Å². The molecule has 2 heterocycles. The third kappa shape index (κ3) is 4.82. The monoisotopic (exact) mass is 444 g/mol. The minimum atomic E-state index is -0.965. The number of hydrogen-bond donors (Lipinski definition) is 1. The number of aromatic carboxylic acids is 1. The highest BCUT2D eigenvalue weighted by molar-refractivity contribution is 9.10. The van der Waals surface area contributed by atoms with Crippen LogP contribution in [0.2, 0.25) is 0 Å². The van der Waals surface area contributed by atoms with E-state index in [1.165, 1.54) is 0 Å². The summed E-state index contributed by atoms with van der Waals surface area (Å²) in [6.45, 7) is 4.73. The van der Waals surface area contributed by atoms with Crippen molar-refractivity contribution in [1.82, 2.24) is 19.7 Å². The number of carbonyl (C=O) groups is 1. The van der Waals surface area contributed by atoms with E-state index in [9.17, 15) is 9.90 Å². The second-order valence-corrected chi connectivity index (χ2v) is 7.44. The van der Waals surface area contributed by atoms with Crippen LogP contribution >= 0.6 is 15.9 Å². The Morgan fingerprint density at radius 3 is 2.89 bits per heavy atom. The summed E-state index contributed by atoms with van der Waals surface area (Å²) in [5.74, 6) is -0.245. The van der Waals surface area contributed by atoms with Crippen LogP contribution in [-0.2, 0) is 11.3 Å². The van der Waals surface area contributed by atoms with Gasteiger partial charge in [0.1, 0.15) is 12.0 Å². The van der Waals surface area contributed by atoms with Gasteiger partial charge in [-0.3, -0.25) is 0 Å². The van der Waals surface area contributed by atoms with Crippen molar-refractivity contribution in [3.05, 3.63) is 64.0 Å². The van der Waals surface area contributed by atoms with Gasteiger partial charge in [-0.05, 0) is 50.1 Å². The Hall–Kier alpha value is -2.58. The second kappa shape index (κ2) is 9.07. The van der Waals surface area contributed by atoms with Crippen LogP contribution in [0.15, 0.2) is 47.2 Å². The van der Waals surface area contributed by atoms with Crippen molar-refractivity contribution >= 4 is 21.9 Å². The minimum Gasteiger partial charge on any atom is -0.478 e. The molecule has 0 saturated heterocycles. The highest BCUT2D eigenvalue weighted by Gasteiger charge is 2.15. The quantitative estimate of drug-likeness (QED) is 0.521. The normalized spacial score (nSPS) is 12.1. The largest absolute Gasteiger partial charge is 0.478 e. The second-order valence-electron chi connectivity index (χ2n) is 6.52. The Morgan fingerprint density at radius 1 is 1.32 bits per heavy atom. The SMILES string of the molecule is Cc1cccc(-c2nncn2[C@@H](C)CCOCc2ccc(Br)cc2C(=O)O)n1. The number of rotatable bonds is 8. The fourth-order valence-electron chi connectivity index (χ4n) is 2.86. The van der Waals surface area contributed by atoms with E-state index in [0.717, 1.165) is 28.1 Å². The molecule has 2 aromatic heterocycles. The maximum absolute atomic E-state index is 11.4. The average Bonchev–Trinajstić information content (AvgIpc) is 3.16. The average molecular weight is 445 g/mol. The van der Waals surface area contributed by atoms with E-state index in [1.54, 1.807) is 18.5 Å². The molecular weight excluding hydrogens is 424 g/mol. The molecule has 0 bridgehead atoms. The molecule has 1 N–H and O–H groups in total. The van der Waals surface area contributed by atoms with Gasteiger partial charge >= 0.3 is 5.97 Å². The lowest BCUT2D eigenvalue weighted by atomic mass is 10.1. The molecule has 146 valence electrons. The molecule has 3 rings (SSSR count). The molecule has 1 aromatic carbocycles. The summed E-state index contributed by atoms with van der Waals surface area (Å²) in [7, 11) is 0. The summed E-state index contributed by atoms with van der Waals surface area (Å²) >= 11 is 3.29. The fourth-order valence-corrected chi connectivity index (χ4v) is 3.23. The third-order valence-electron chi connectivity index (χ3n) is 4.41. The Morgan fingerprint density at radius 2 is 2.14 bits per heavy atom.